The number of aliphatic hydroxyl groups excluding tert-OH is 2. The van der Waals surface area contributed by atoms with Gasteiger partial charge in [0.1, 0.15) is 28.9 Å². The molecule has 0 aliphatic heterocycles. The van der Waals surface area contributed by atoms with Crippen molar-refractivity contribution in [2.24, 2.45) is 23.5 Å². The fourth-order valence-corrected chi connectivity index (χ4v) is 7.26. The minimum Gasteiger partial charge on any atom is -0.508 e. The molecular weight excluding hydrogens is 520 g/mol. The summed E-state index contributed by atoms with van der Waals surface area (Å²) >= 11 is 0. The van der Waals surface area contributed by atoms with E-state index in [1.807, 2.05) is 0 Å². The molecule has 0 heterocycles. The number of nitrogens with zero attached hydrogens (tertiary/aromatic N) is 1. The van der Waals surface area contributed by atoms with Crippen molar-refractivity contribution in [2.45, 2.75) is 62.7 Å². The highest BCUT2D eigenvalue weighted by Gasteiger charge is 2.69. The SMILES string of the molecule is C[C@H]1c2cccc(O)c2C(O)=C2C(=O)[C@@]3(O)C(O)=C(C(N)=O)C(=O)[C@H](N(C)C)[C@H]3[C@H](OC(=O)C3CCCCC3)[C@H]21. The molecule has 2 saturated carbocycles. The zero-order valence-corrected chi connectivity index (χ0v) is 22.6. The number of phenolic OH excluding ortho intramolecular Hbond substituents is 1. The van der Waals surface area contributed by atoms with Gasteiger partial charge in [-0.15, -0.1) is 0 Å². The predicted octanol–water partition coefficient (Wildman–Crippen LogP) is 1.63. The molecule has 5 rings (SSSR count). The Hall–Kier alpha value is -3.70. The molecule has 1 amide bonds. The van der Waals surface area contributed by atoms with Crippen molar-refractivity contribution in [1.29, 1.82) is 0 Å². The fourth-order valence-electron chi connectivity index (χ4n) is 7.26. The Balaban J connectivity index is 1.79. The number of likely N-dealkylation sites (N-methyl/N-ethyl adjacent to an activating group) is 1. The van der Waals surface area contributed by atoms with Crippen LogP contribution in [0.4, 0.5) is 0 Å². The number of rotatable bonds is 4. The van der Waals surface area contributed by atoms with Gasteiger partial charge in [0.25, 0.3) is 5.91 Å². The van der Waals surface area contributed by atoms with Crippen LogP contribution in [0.15, 0.2) is 35.1 Å². The number of carbonyl (C=O) groups is 4. The highest BCUT2D eigenvalue weighted by Crippen LogP contribution is 2.57. The van der Waals surface area contributed by atoms with E-state index in [4.69, 9.17) is 10.5 Å². The Morgan fingerprint density at radius 2 is 1.73 bits per heavy atom. The van der Waals surface area contributed by atoms with Crippen molar-refractivity contribution in [3.05, 3.63) is 46.2 Å². The van der Waals surface area contributed by atoms with Crippen LogP contribution in [-0.4, -0.2) is 80.6 Å². The van der Waals surface area contributed by atoms with Crippen LogP contribution in [0.5, 0.6) is 5.75 Å². The van der Waals surface area contributed by atoms with Gasteiger partial charge in [0.15, 0.2) is 11.4 Å². The maximum absolute atomic E-state index is 14.2. The fraction of sp³-hybridized carbons (Fsp3) is 0.517. The van der Waals surface area contributed by atoms with Crippen molar-refractivity contribution in [3.8, 4) is 5.75 Å². The van der Waals surface area contributed by atoms with E-state index in [0.29, 0.717) is 18.4 Å². The number of benzene rings is 1. The number of aliphatic hydroxyl groups is 3. The van der Waals surface area contributed by atoms with E-state index in [1.54, 1.807) is 19.1 Å². The van der Waals surface area contributed by atoms with Crippen LogP contribution in [0.3, 0.4) is 0 Å². The zero-order valence-electron chi connectivity index (χ0n) is 22.6. The smallest absolute Gasteiger partial charge is 0.309 e. The molecule has 40 heavy (non-hydrogen) atoms. The Labute approximate surface area is 230 Å². The molecule has 0 radical (unpaired) electrons. The molecule has 4 aliphatic rings. The first-order valence-corrected chi connectivity index (χ1v) is 13.5. The van der Waals surface area contributed by atoms with E-state index in [0.717, 1.165) is 19.3 Å². The number of nitrogens with two attached hydrogens (primary N) is 1. The van der Waals surface area contributed by atoms with Gasteiger partial charge in [0.05, 0.1) is 23.4 Å². The second kappa shape index (κ2) is 9.74. The molecule has 11 nitrogen and oxygen atoms in total. The molecule has 0 aromatic heterocycles. The van der Waals surface area contributed by atoms with Crippen molar-refractivity contribution in [2.75, 3.05) is 14.1 Å². The van der Waals surface area contributed by atoms with Gasteiger partial charge in [0, 0.05) is 11.5 Å². The highest BCUT2D eigenvalue weighted by molar-refractivity contribution is 6.24. The molecule has 1 aromatic rings. The lowest BCUT2D eigenvalue weighted by Gasteiger charge is -2.54. The molecule has 214 valence electrons. The number of Topliss-reactive ketones (excluding diaryl/α,β-unsaturated/α-hetero) is 2. The summed E-state index contributed by atoms with van der Waals surface area (Å²) in [5, 5.41) is 45.3. The summed E-state index contributed by atoms with van der Waals surface area (Å²) in [5.74, 6) is -9.84. The number of ether oxygens (including phenoxy) is 1. The second-order valence-electron chi connectivity index (χ2n) is 11.5. The molecule has 6 N–H and O–H groups in total. The Kier molecular flexibility index (Phi) is 6.78. The quantitative estimate of drug-likeness (QED) is 0.270. The van der Waals surface area contributed by atoms with Crippen molar-refractivity contribution in [3.63, 3.8) is 0 Å². The van der Waals surface area contributed by atoms with Crippen molar-refractivity contribution >= 4 is 29.2 Å². The van der Waals surface area contributed by atoms with Crippen LogP contribution in [0.25, 0.3) is 5.76 Å². The van der Waals surface area contributed by atoms with Gasteiger partial charge in [-0.05, 0) is 44.5 Å². The molecule has 0 bridgehead atoms. The topological polar surface area (TPSA) is 188 Å². The van der Waals surface area contributed by atoms with Gasteiger partial charge in [-0.25, -0.2) is 0 Å². The molecule has 0 saturated heterocycles. The second-order valence-corrected chi connectivity index (χ2v) is 11.5. The number of hydrogen-bond acceptors (Lipinski definition) is 10. The monoisotopic (exact) mass is 554 g/mol. The average molecular weight is 555 g/mol. The number of amides is 1. The molecule has 0 unspecified atom stereocenters. The van der Waals surface area contributed by atoms with E-state index in [1.165, 1.54) is 25.1 Å². The van der Waals surface area contributed by atoms with Crippen LogP contribution in [0.2, 0.25) is 0 Å². The highest BCUT2D eigenvalue weighted by atomic mass is 16.5. The van der Waals surface area contributed by atoms with Gasteiger partial charge >= 0.3 is 5.97 Å². The van der Waals surface area contributed by atoms with Gasteiger partial charge in [-0.2, -0.15) is 0 Å². The number of carbonyl (C=O) groups excluding carboxylic acids is 4. The molecule has 6 atom stereocenters. The van der Waals surface area contributed by atoms with Crippen LogP contribution in [0, 0.1) is 17.8 Å². The third-order valence-electron chi connectivity index (χ3n) is 9.16. The Bertz CT molecular complexity index is 1370. The lowest BCUT2D eigenvalue weighted by atomic mass is 9.54. The van der Waals surface area contributed by atoms with E-state index >= 15 is 0 Å². The molecular formula is C29H34N2O9. The number of hydrogen-bond donors (Lipinski definition) is 5. The Morgan fingerprint density at radius 3 is 2.33 bits per heavy atom. The number of ketones is 2. The summed E-state index contributed by atoms with van der Waals surface area (Å²) in [6.07, 6.45) is 2.45. The largest absolute Gasteiger partial charge is 0.508 e. The number of aromatic hydroxyl groups is 1. The van der Waals surface area contributed by atoms with Gasteiger partial charge in [-0.3, -0.25) is 24.1 Å². The first-order chi connectivity index (χ1) is 18.8. The number of phenols is 1. The predicted molar refractivity (Wildman–Crippen MR) is 141 cm³/mol. The minimum atomic E-state index is -2.94. The molecule has 4 aliphatic carbocycles. The van der Waals surface area contributed by atoms with Crippen LogP contribution in [-0.2, 0) is 23.9 Å². The number of primary amides is 1. The summed E-state index contributed by atoms with van der Waals surface area (Å²) in [6.45, 7) is 1.73. The molecule has 1 aromatic carbocycles. The summed E-state index contributed by atoms with van der Waals surface area (Å²) in [7, 11) is 2.99. The van der Waals surface area contributed by atoms with E-state index < -0.39 is 82.0 Å². The van der Waals surface area contributed by atoms with Gasteiger partial charge < -0.3 is 30.9 Å². The van der Waals surface area contributed by atoms with Crippen molar-refractivity contribution < 1.29 is 44.3 Å². The lowest BCUT2D eigenvalue weighted by Crippen LogP contribution is -2.71. The molecule has 0 spiro atoms. The lowest BCUT2D eigenvalue weighted by molar-refractivity contribution is -0.188. The average Bonchev–Trinajstić information content (AvgIpc) is 2.90. The number of esters is 1. The maximum Gasteiger partial charge on any atom is 0.309 e. The first kappa shape index (κ1) is 27.9. The van der Waals surface area contributed by atoms with E-state index in [2.05, 4.69) is 0 Å². The van der Waals surface area contributed by atoms with Crippen molar-refractivity contribution in [1.82, 2.24) is 4.90 Å². The summed E-state index contributed by atoms with van der Waals surface area (Å²) in [6, 6.07) is 3.18. The number of fused-ring (bicyclic) bond motifs is 3. The minimum absolute atomic E-state index is 0.0244. The molecule has 2 fully saturated rings. The standard InChI is InChI=1S/C29H34N2O9/c1-12-14-10-7-11-15(32)17(14)22(33)18-16(12)24(40-28(38)13-8-5-4-6-9-13)20-21(31(2)3)23(34)19(27(30)37)26(36)29(20,39)25(18)35/h7,10-13,16,20-21,24,32-33,36,39H,4-6,8-9H2,1-3H3,(H2,30,37)/t12-,16-,20-,21+,24+,29+/m0/s1. The van der Waals surface area contributed by atoms with Crippen LogP contribution in [0.1, 0.15) is 56.1 Å². The third kappa shape index (κ3) is 3.78. The maximum atomic E-state index is 14.2. The summed E-state index contributed by atoms with van der Waals surface area (Å²) in [5.41, 5.74) is 1.62. The van der Waals surface area contributed by atoms with Gasteiger partial charge in [0.2, 0.25) is 5.78 Å². The van der Waals surface area contributed by atoms with Gasteiger partial charge in [-0.1, -0.05) is 38.3 Å². The Morgan fingerprint density at radius 1 is 1.07 bits per heavy atom. The third-order valence-corrected chi connectivity index (χ3v) is 9.16. The zero-order chi connectivity index (χ0) is 29.3. The molecule has 11 heteroatoms. The summed E-state index contributed by atoms with van der Waals surface area (Å²) in [4.78, 5) is 55.0. The van der Waals surface area contributed by atoms with E-state index in [9.17, 15) is 39.6 Å². The first-order valence-electron chi connectivity index (χ1n) is 13.5. The van der Waals surface area contributed by atoms with E-state index in [-0.39, 0.29) is 16.9 Å². The van der Waals surface area contributed by atoms with Crippen LogP contribution >= 0.6 is 0 Å². The van der Waals surface area contributed by atoms with Crippen LogP contribution < -0.4 is 5.73 Å². The summed E-state index contributed by atoms with van der Waals surface area (Å²) < 4.78 is 6.13. The normalized spacial score (nSPS) is 32.5.